The van der Waals surface area contributed by atoms with Gasteiger partial charge in [-0.1, -0.05) is 6.92 Å². The quantitative estimate of drug-likeness (QED) is 0.892. The maximum absolute atomic E-state index is 12.0. The third kappa shape index (κ3) is 2.37. The lowest BCUT2D eigenvalue weighted by Gasteiger charge is -2.15. The van der Waals surface area contributed by atoms with E-state index >= 15 is 0 Å². The SMILES string of the molecule is Cc1csc([C@H](NC(=O)[C@@H]2C[C@@H]2C)C2CC2)n1. The van der Waals surface area contributed by atoms with Crippen molar-refractivity contribution in [1.29, 1.82) is 0 Å². The molecule has 4 heteroatoms. The predicted octanol–water partition coefficient (Wildman–Crippen LogP) is 2.67. The van der Waals surface area contributed by atoms with Crippen LogP contribution in [0.15, 0.2) is 5.38 Å². The molecule has 2 fully saturated rings. The molecule has 92 valence electrons. The van der Waals surface area contributed by atoms with Crippen LogP contribution in [-0.4, -0.2) is 10.9 Å². The molecule has 1 heterocycles. The van der Waals surface area contributed by atoms with Crippen LogP contribution in [0.5, 0.6) is 0 Å². The summed E-state index contributed by atoms with van der Waals surface area (Å²) in [6.07, 6.45) is 3.51. The summed E-state index contributed by atoms with van der Waals surface area (Å²) in [6, 6.07) is 0.175. The minimum absolute atomic E-state index is 0.175. The number of aryl methyl sites for hydroxylation is 1. The summed E-state index contributed by atoms with van der Waals surface area (Å²) in [7, 11) is 0. The highest BCUT2D eigenvalue weighted by molar-refractivity contribution is 7.09. The Morgan fingerprint density at radius 3 is 2.76 bits per heavy atom. The predicted molar refractivity (Wildman–Crippen MR) is 67.7 cm³/mol. The van der Waals surface area contributed by atoms with Crippen molar-refractivity contribution in [2.75, 3.05) is 0 Å². The molecule has 0 unspecified atom stereocenters. The highest BCUT2D eigenvalue weighted by Gasteiger charge is 2.42. The number of rotatable bonds is 4. The van der Waals surface area contributed by atoms with E-state index in [0.717, 1.165) is 17.1 Å². The van der Waals surface area contributed by atoms with Gasteiger partial charge in [0.2, 0.25) is 5.91 Å². The van der Waals surface area contributed by atoms with Crippen LogP contribution in [0.3, 0.4) is 0 Å². The molecule has 2 aliphatic carbocycles. The zero-order valence-electron chi connectivity index (χ0n) is 10.3. The molecular weight excluding hydrogens is 232 g/mol. The van der Waals surface area contributed by atoms with Gasteiger partial charge in [-0.3, -0.25) is 4.79 Å². The molecule has 0 spiro atoms. The van der Waals surface area contributed by atoms with E-state index in [2.05, 4.69) is 22.6 Å². The third-order valence-corrected chi connectivity index (χ3v) is 4.79. The Morgan fingerprint density at radius 1 is 1.59 bits per heavy atom. The summed E-state index contributed by atoms with van der Waals surface area (Å²) in [5.41, 5.74) is 1.06. The summed E-state index contributed by atoms with van der Waals surface area (Å²) in [5.74, 6) is 1.70. The molecule has 2 saturated carbocycles. The van der Waals surface area contributed by atoms with Crippen molar-refractivity contribution < 1.29 is 4.79 Å². The van der Waals surface area contributed by atoms with Crippen molar-refractivity contribution >= 4 is 17.2 Å². The molecule has 17 heavy (non-hydrogen) atoms. The highest BCUT2D eigenvalue weighted by Crippen LogP contribution is 2.44. The molecule has 3 rings (SSSR count). The van der Waals surface area contributed by atoms with Gasteiger partial charge in [0.1, 0.15) is 5.01 Å². The largest absolute Gasteiger partial charge is 0.346 e. The fourth-order valence-corrected chi connectivity index (χ4v) is 3.21. The van der Waals surface area contributed by atoms with Crippen molar-refractivity contribution in [1.82, 2.24) is 10.3 Å². The Bertz CT molecular complexity index is 438. The van der Waals surface area contributed by atoms with Crippen LogP contribution >= 0.6 is 11.3 Å². The second-order valence-electron chi connectivity index (χ2n) is 5.47. The van der Waals surface area contributed by atoms with Gasteiger partial charge >= 0.3 is 0 Å². The molecule has 0 aliphatic heterocycles. The Morgan fingerprint density at radius 2 is 2.29 bits per heavy atom. The van der Waals surface area contributed by atoms with Crippen LogP contribution < -0.4 is 5.32 Å². The van der Waals surface area contributed by atoms with E-state index in [0.29, 0.717) is 11.8 Å². The van der Waals surface area contributed by atoms with Gasteiger partial charge in [0.05, 0.1) is 6.04 Å². The van der Waals surface area contributed by atoms with Gasteiger partial charge in [0.15, 0.2) is 0 Å². The molecule has 0 bridgehead atoms. The van der Waals surface area contributed by atoms with Gasteiger partial charge < -0.3 is 5.32 Å². The first-order valence-corrected chi connectivity index (χ1v) is 7.25. The molecule has 2 aliphatic rings. The maximum Gasteiger partial charge on any atom is 0.223 e. The molecule has 0 aromatic carbocycles. The molecule has 3 atom stereocenters. The van der Waals surface area contributed by atoms with Crippen LogP contribution in [-0.2, 0) is 4.79 Å². The normalized spacial score (nSPS) is 28.8. The molecular formula is C13H18N2OS. The smallest absolute Gasteiger partial charge is 0.223 e. The Kier molecular flexibility index (Phi) is 2.69. The van der Waals surface area contributed by atoms with E-state index in [1.165, 1.54) is 12.8 Å². The first-order valence-electron chi connectivity index (χ1n) is 6.37. The number of carbonyl (C=O) groups excluding carboxylic acids is 1. The van der Waals surface area contributed by atoms with Gasteiger partial charge in [-0.15, -0.1) is 11.3 Å². The fourth-order valence-electron chi connectivity index (χ4n) is 2.27. The molecule has 3 nitrogen and oxygen atoms in total. The van der Waals surface area contributed by atoms with E-state index in [1.54, 1.807) is 11.3 Å². The van der Waals surface area contributed by atoms with Gasteiger partial charge in [0.25, 0.3) is 0 Å². The number of nitrogens with zero attached hydrogens (tertiary/aromatic N) is 1. The van der Waals surface area contributed by atoms with E-state index in [9.17, 15) is 4.79 Å². The van der Waals surface area contributed by atoms with Crippen molar-refractivity contribution in [3.05, 3.63) is 16.1 Å². The van der Waals surface area contributed by atoms with Gasteiger partial charge in [-0.25, -0.2) is 4.98 Å². The van der Waals surface area contributed by atoms with E-state index < -0.39 is 0 Å². The van der Waals surface area contributed by atoms with Crippen molar-refractivity contribution in [2.24, 2.45) is 17.8 Å². The van der Waals surface area contributed by atoms with Crippen LogP contribution in [0.1, 0.15) is 42.9 Å². The zero-order chi connectivity index (χ0) is 12.0. The maximum atomic E-state index is 12.0. The minimum Gasteiger partial charge on any atom is -0.346 e. The average Bonchev–Trinajstić information content (AvgIpc) is 3.18. The van der Waals surface area contributed by atoms with E-state index in [-0.39, 0.29) is 17.9 Å². The summed E-state index contributed by atoms with van der Waals surface area (Å²) < 4.78 is 0. The summed E-state index contributed by atoms with van der Waals surface area (Å²) in [4.78, 5) is 16.5. The number of hydrogen-bond acceptors (Lipinski definition) is 3. The van der Waals surface area contributed by atoms with Crippen LogP contribution in [0.2, 0.25) is 0 Å². The van der Waals surface area contributed by atoms with Crippen molar-refractivity contribution in [3.63, 3.8) is 0 Å². The highest BCUT2D eigenvalue weighted by atomic mass is 32.1. The first kappa shape index (κ1) is 11.2. The molecule has 1 amide bonds. The first-order chi connectivity index (χ1) is 8.15. The fraction of sp³-hybridized carbons (Fsp3) is 0.692. The number of thiazole rings is 1. The Labute approximate surface area is 106 Å². The van der Waals surface area contributed by atoms with E-state index in [4.69, 9.17) is 0 Å². The minimum atomic E-state index is 0.175. The third-order valence-electron chi connectivity index (χ3n) is 3.74. The molecule has 1 aromatic rings. The number of nitrogens with one attached hydrogen (secondary N) is 1. The lowest BCUT2D eigenvalue weighted by molar-refractivity contribution is -0.123. The van der Waals surface area contributed by atoms with E-state index in [1.807, 2.05) is 6.92 Å². The molecule has 0 saturated heterocycles. The second kappa shape index (κ2) is 4.09. The second-order valence-corrected chi connectivity index (χ2v) is 6.36. The number of amides is 1. The summed E-state index contributed by atoms with van der Waals surface area (Å²) in [5, 5.41) is 6.37. The lowest BCUT2D eigenvalue weighted by atomic mass is 10.2. The number of hydrogen-bond donors (Lipinski definition) is 1. The van der Waals surface area contributed by atoms with Gasteiger partial charge in [-0.05, 0) is 38.0 Å². The van der Waals surface area contributed by atoms with Crippen molar-refractivity contribution in [2.45, 2.75) is 39.2 Å². The standard InChI is InChI=1S/C13H18N2OS/c1-7-5-10(7)12(16)15-11(9-3-4-9)13-14-8(2)6-17-13/h6-7,9-11H,3-5H2,1-2H3,(H,15,16)/t7-,10+,11+/m0/s1. The van der Waals surface area contributed by atoms with Crippen LogP contribution in [0.4, 0.5) is 0 Å². The van der Waals surface area contributed by atoms with Crippen molar-refractivity contribution in [3.8, 4) is 0 Å². The molecule has 0 radical (unpaired) electrons. The van der Waals surface area contributed by atoms with Crippen LogP contribution in [0, 0.1) is 24.7 Å². The van der Waals surface area contributed by atoms with Crippen LogP contribution in [0.25, 0.3) is 0 Å². The Hall–Kier alpha value is -0.900. The average molecular weight is 250 g/mol. The lowest BCUT2D eigenvalue weighted by Crippen LogP contribution is -2.31. The Balaban J connectivity index is 1.70. The summed E-state index contributed by atoms with van der Waals surface area (Å²) >= 11 is 1.68. The number of aromatic nitrogens is 1. The topological polar surface area (TPSA) is 42.0 Å². The monoisotopic (exact) mass is 250 g/mol. The van der Waals surface area contributed by atoms with Gasteiger partial charge in [-0.2, -0.15) is 0 Å². The number of carbonyl (C=O) groups is 1. The molecule has 1 aromatic heterocycles. The summed E-state index contributed by atoms with van der Waals surface area (Å²) in [6.45, 7) is 4.15. The zero-order valence-corrected chi connectivity index (χ0v) is 11.1. The molecule has 1 N–H and O–H groups in total. The van der Waals surface area contributed by atoms with Gasteiger partial charge in [0, 0.05) is 17.0 Å².